The molecular formula is C30H27N3O3. The Labute approximate surface area is 210 Å². The third-order valence-electron chi connectivity index (χ3n) is 6.16. The SMILES string of the molecule is CC(Nc1ccc(NC(=O)c2cccc(NC(=O)C3Cc4ccccc4O3)c2)cc1)c1ccccc1. The summed E-state index contributed by atoms with van der Waals surface area (Å²) < 4.78 is 5.76. The summed E-state index contributed by atoms with van der Waals surface area (Å²) in [5.74, 6) is 0.243. The predicted molar refractivity (Wildman–Crippen MR) is 143 cm³/mol. The molecule has 0 aromatic heterocycles. The quantitative estimate of drug-likeness (QED) is 0.303. The van der Waals surface area contributed by atoms with Crippen LogP contribution in [0.3, 0.4) is 0 Å². The van der Waals surface area contributed by atoms with Crippen molar-refractivity contribution >= 4 is 28.9 Å². The van der Waals surface area contributed by atoms with E-state index in [9.17, 15) is 9.59 Å². The van der Waals surface area contributed by atoms with Crippen molar-refractivity contribution in [3.05, 3.63) is 120 Å². The molecule has 3 N–H and O–H groups in total. The van der Waals surface area contributed by atoms with E-state index in [1.165, 1.54) is 5.56 Å². The summed E-state index contributed by atoms with van der Waals surface area (Å²) in [4.78, 5) is 25.6. The van der Waals surface area contributed by atoms with Gasteiger partial charge in [-0.15, -0.1) is 0 Å². The average Bonchev–Trinajstić information content (AvgIpc) is 3.35. The van der Waals surface area contributed by atoms with Gasteiger partial charge >= 0.3 is 0 Å². The highest BCUT2D eigenvalue weighted by atomic mass is 16.5. The summed E-state index contributed by atoms with van der Waals surface area (Å²) in [6.07, 6.45) is -0.0615. The lowest BCUT2D eigenvalue weighted by Gasteiger charge is -2.16. The van der Waals surface area contributed by atoms with E-state index in [0.29, 0.717) is 23.4 Å². The topological polar surface area (TPSA) is 79.5 Å². The first kappa shape index (κ1) is 23.2. The van der Waals surface area contributed by atoms with Crippen molar-refractivity contribution in [1.82, 2.24) is 0 Å². The van der Waals surface area contributed by atoms with Gasteiger partial charge in [0.2, 0.25) is 0 Å². The Hall–Kier alpha value is -4.58. The fraction of sp³-hybridized carbons (Fsp3) is 0.133. The summed E-state index contributed by atoms with van der Waals surface area (Å²) >= 11 is 0. The average molecular weight is 478 g/mol. The van der Waals surface area contributed by atoms with Crippen LogP contribution in [-0.4, -0.2) is 17.9 Å². The van der Waals surface area contributed by atoms with Gasteiger partial charge in [0.15, 0.2) is 6.10 Å². The Bertz CT molecular complexity index is 1340. The molecule has 180 valence electrons. The van der Waals surface area contributed by atoms with Crippen LogP contribution in [-0.2, 0) is 11.2 Å². The van der Waals surface area contributed by atoms with Gasteiger partial charge in [-0.25, -0.2) is 0 Å². The molecule has 2 unspecified atom stereocenters. The van der Waals surface area contributed by atoms with E-state index in [0.717, 1.165) is 17.0 Å². The first-order chi connectivity index (χ1) is 17.5. The minimum absolute atomic E-state index is 0.161. The highest BCUT2D eigenvalue weighted by molar-refractivity contribution is 6.05. The molecule has 0 saturated carbocycles. The van der Waals surface area contributed by atoms with Crippen molar-refractivity contribution < 1.29 is 14.3 Å². The normalized spacial score (nSPS) is 14.8. The molecule has 6 nitrogen and oxygen atoms in total. The third-order valence-corrected chi connectivity index (χ3v) is 6.16. The van der Waals surface area contributed by atoms with Crippen LogP contribution in [0.4, 0.5) is 17.1 Å². The maximum Gasteiger partial charge on any atom is 0.265 e. The van der Waals surface area contributed by atoms with Gasteiger partial charge in [0.25, 0.3) is 11.8 Å². The van der Waals surface area contributed by atoms with Crippen LogP contribution in [0.15, 0.2) is 103 Å². The molecule has 0 radical (unpaired) electrons. The number of ether oxygens (including phenoxy) is 1. The van der Waals surface area contributed by atoms with Crippen LogP contribution >= 0.6 is 0 Å². The highest BCUT2D eigenvalue weighted by Crippen LogP contribution is 2.29. The van der Waals surface area contributed by atoms with Crippen molar-refractivity contribution in [2.24, 2.45) is 0 Å². The predicted octanol–water partition coefficient (Wildman–Crippen LogP) is 6.05. The van der Waals surface area contributed by atoms with Crippen molar-refractivity contribution in [2.45, 2.75) is 25.5 Å². The number of hydrogen-bond donors (Lipinski definition) is 3. The zero-order chi connectivity index (χ0) is 24.9. The molecule has 2 amide bonds. The Morgan fingerprint density at radius 1 is 0.778 bits per heavy atom. The van der Waals surface area contributed by atoms with E-state index in [-0.39, 0.29) is 17.9 Å². The van der Waals surface area contributed by atoms with E-state index in [1.807, 2.05) is 66.7 Å². The monoisotopic (exact) mass is 477 g/mol. The number of carbonyl (C=O) groups is 2. The maximum absolute atomic E-state index is 12.8. The van der Waals surface area contributed by atoms with Crippen LogP contribution in [0.1, 0.15) is 34.5 Å². The third kappa shape index (κ3) is 5.39. The summed E-state index contributed by atoms with van der Waals surface area (Å²) in [6.45, 7) is 2.11. The van der Waals surface area contributed by atoms with Crippen LogP contribution in [0.5, 0.6) is 5.75 Å². The molecule has 4 aromatic rings. The molecule has 2 atom stereocenters. The van der Waals surface area contributed by atoms with Gasteiger partial charge in [0, 0.05) is 35.1 Å². The summed E-state index contributed by atoms with van der Waals surface area (Å²) in [5, 5.41) is 9.24. The second-order valence-corrected chi connectivity index (χ2v) is 8.80. The van der Waals surface area contributed by atoms with E-state index in [1.54, 1.807) is 24.3 Å². The Morgan fingerprint density at radius 3 is 2.28 bits per heavy atom. The lowest BCUT2D eigenvalue weighted by Crippen LogP contribution is -2.31. The Kier molecular flexibility index (Phi) is 6.67. The highest BCUT2D eigenvalue weighted by Gasteiger charge is 2.28. The fourth-order valence-electron chi connectivity index (χ4n) is 4.22. The molecule has 1 heterocycles. The molecule has 4 aromatic carbocycles. The number of fused-ring (bicyclic) bond motifs is 1. The Balaban J connectivity index is 1.17. The van der Waals surface area contributed by atoms with E-state index in [2.05, 4.69) is 35.0 Å². The number of anilines is 3. The first-order valence-electron chi connectivity index (χ1n) is 11.9. The number of hydrogen-bond acceptors (Lipinski definition) is 4. The summed E-state index contributed by atoms with van der Waals surface area (Å²) in [7, 11) is 0. The largest absolute Gasteiger partial charge is 0.480 e. The minimum Gasteiger partial charge on any atom is -0.480 e. The van der Waals surface area contributed by atoms with Crippen molar-refractivity contribution in [3.8, 4) is 5.75 Å². The second kappa shape index (κ2) is 10.4. The molecule has 0 aliphatic carbocycles. The second-order valence-electron chi connectivity index (χ2n) is 8.80. The number of para-hydroxylation sites is 1. The van der Waals surface area contributed by atoms with Crippen LogP contribution in [0.2, 0.25) is 0 Å². The van der Waals surface area contributed by atoms with Crippen molar-refractivity contribution in [3.63, 3.8) is 0 Å². The molecule has 1 aliphatic heterocycles. The molecule has 1 aliphatic rings. The van der Waals surface area contributed by atoms with Gasteiger partial charge in [-0.05, 0) is 66.6 Å². The van der Waals surface area contributed by atoms with E-state index in [4.69, 9.17) is 4.74 Å². The molecule has 0 fully saturated rings. The van der Waals surface area contributed by atoms with Gasteiger partial charge in [-0.1, -0.05) is 54.6 Å². The van der Waals surface area contributed by atoms with Crippen LogP contribution in [0.25, 0.3) is 0 Å². The number of rotatable bonds is 7. The molecule has 0 saturated heterocycles. The van der Waals surface area contributed by atoms with Gasteiger partial charge < -0.3 is 20.7 Å². The minimum atomic E-state index is -0.586. The number of nitrogens with one attached hydrogen (secondary N) is 3. The number of benzene rings is 4. The maximum atomic E-state index is 12.8. The van der Waals surface area contributed by atoms with Gasteiger partial charge in [0.05, 0.1) is 0 Å². The van der Waals surface area contributed by atoms with Gasteiger partial charge in [0.1, 0.15) is 5.75 Å². The summed E-state index contributed by atoms with van der Waals surface area (Å²) in [5.41, 5.74) is 4.85. The lowest BCUT2D eigenvalue weighted by molar-refractivity contribution is -0.122. The number of carbonyl (C=O) groups excluding carboxylic acids is 2. The Morgan fingerprint density at radius 2 is 1.50 bits per heavy atom. The molecule has 36 heavy (non-hydrogen) atoms. The fourth-order valence-corrected chi connectivity index (χ4v) is 4.22. The van der Waals surface area contributed by atoms with E-state index < -0.39 is 6.10 Å². The zero-order valence-corrected chi connectivity index (χ0v) is 19.9. The van der Waals surface area contributed by atoms with Crippen LogP contribution in [0, 0.1) is 0 Å². The zero-order valence-electron chi connectivity index (χ0n) is 19.9. The standard InChI is InChI=1S/C30H27N3O3/c1-20(21-8-3-2-4-9-21)31-24-14-16-25(17-15-24)32-29(34)23-11-7-12-26(18-23)33-30(35)28-19-22-10-5-6-13-27(22)36-28/h2-18,20,28,31H,19H2,1H3,(H,32,34)(H,33,35). The van der Waals surface area contributed by atoms with Gasteiger partial charge in [-0.3, -0.25) is 9.59 Å². The molecule has 6 heteroatoms. The van der Waals surface area contributed by atoms with Crippen LogP contribution < -0.4 is 20.7 Å². The molecular weight excluding hydrogens is 450 g/mol. The van der Waals surface area contributed by atoms with Gasteiger partial charge in [-0.2, -0.15) is 0 Å². The molecule has 5 rings (SSSR count). The lowest BCUT2D eigenvalue weighted by atomic mass is 10.1. The van der Waals surface area contributed by atoms with Crippen molar-refractivity contribution in [1.29, 1.82) is 0 Å². The van der Waals surface area contributed by atoms with E-state index >= 15 is 0 Å². The summed E-state index contributed by atoms with van der Waals surface area (Å²) in [6, 6.07) is 32.5. The molecule has 0 spiro atoms. The van der Waals surface area contributed by atoms with Crippen molar-refractivity contribution in [2.75, 3.05) is 16.0 Å². The molecule has 0 bridgehead atoms. The smallest absolute Gasteiger partial charge is 0.265 e. The number of amides is 2. The first-order valence-corrected chi connectivity index (χ1v) is 11.9.